The number of aromatic amines is 1. The highest BCUT2D eigenvalue weighted by molar-refractivity contribution is 5.80. The van der Waals surface area contributed by atoms with Gasteiger partial charge in [-0.3, -0.25) is 14.5 Å². The summed E-state index contributed by atoms with van der Waals surface area (Å²) in [4.78, 5) is 23.4. The van der Waals surface area contributed by atoms with E-state index in [-0.39, 0.29) is 5.56 Å². The Morgan fingerprint density at radius 3 is 2.80 bits per heavy atom. The number of nitrogens with zero attached hydrogens (tertiary/aromatic N) is 4. The highest BCUT2D eigenvalue weighted by Gasteiger charge is 2.08. The van der Waals surface area contributed by atoms with E-state index in [9.17, 15) is 4.79 Å². The van der Waals surface area contributed by atoms with Gasteiger partial charge in [0.25, 0.3) is 5.56 Å². The molecule has 6 heteroatoms. The van der Waals surface area contributed by atoms with Crippen molar-refractivity contribution in [3.63, 3.8) is 0 Å². The van der Waals surface area contributed by atoms with Gasteiger partial charge in [0.05, 0.1) is 22.8 Å². The fourth-order valence-corrected chi connectivity index (χ4v) is 2.71. The third kappa shape index (κ3) is 2.97. The molecule has 0 aliphatic heterocycles. The molecule has 0 radical (unpaired) electrons. The van der Waals surface area contributed by atoms with Crippen LogP contribution in [-0.2, 0) is 7.05 Å². The fraction of sp³-hybridized carbons (Fsp3) is 0.0526. The molecule has 1 aromatic carbocycles. The monoisotopic (exact) mass is 329 g/mol. The molecule has 0 aliphatic carbocycles. The Morgan fingerprint density at radius 2 is 1.96 bits per heavy atom. The van der Waals surface area contributed by atoms with Crippen molar-refractivity contribution in [3.05, 3.63) is 76.7 Å². The number of nitrogens with one attached hydrogen (secondary N) is 1. The standard InChI is InChI=1S/C19H15N5O/c1-24-12-14(18(23-24)13-5-3-2-4-6-13)7-8-17-21-16-11-20-10-9-15(16)19(25)22-17/h2-12H,1H3,(H,21,22,25). The minimum absolute atomic E-state index is 0.179. The maximum absolute atomic E-state index is 12.1. The van der Waals surface area contributed by atoms with Gasteiger partial charge in [0.2, 0.25) is 0 Å². The van der Waals surface area contributed by atoms with Gasteiger partial charge < -0.3 is 4.98 Å². The van der Waals surface area contributed by atoms with Crippen LogP contribution in [0.5, 0.6) is 0 Å². The minimum Gasteiger partial charge on any atom is -0.306 e. The van der Waals surface area contributed by atoms with E-state index >= 15 is 0 Å². The van der Waals surface area contributed by atoms with Gasteiger partial charge >= 0.3 is 0 Å². The number of hydrogen-bond acceptors (Lipinski definition) is 4. The third-order valence-electron chi connectivity index (χ3n) is 3.85. The molecule has 0 saturated carbocycles. The summed E-state index contributed by atoms with van der Waals surface area (Å²) in [5.41, 5.74) is 3.25. The zero-order valence-electron chi connectivity index (χ0n) is 13.5. The predicted octanol–water partition coefficient (Wildman–Crippen LogP) is 2.89. The fourth-order valence-electron chi connectivity index (χ4n) is 2.71. The van der Waals surface area contributed by atoms with Gasteiger partial charge in [-0.25, -0.2) is 4.98 Å². The maximum Gasteiger partial charge on any atom is 0.259 e. The number of benzene rings is 1. The molecule has 0 aliphatic rings. The van der Waals surface area contributed by atoms with Gasteiger partial charge in [-0.2, -0.15) is 5.10 Å². The van der Waals surface area contributed by atoms with Crippen LogP contribution in [0, 0.1) is 0 Å². The van der Waals surface area contributed by atoms with Crippen LogP contribution in [0.3, 0.4) is 0 Å². The Bertz CT molecular complexity index is 1130. The van der Waals surface area contributed by atoms with Crippen molar-refractivity contribution in [2.45, 2.75) is 0 Å². The second kappa shape index (κ2) is 6.16. The number of hydrogen-bond donors (Lipinski definition) is 1. The van der Waals surface area contributed by atoms with Crippen molar-refractivity contribution < 1.29 is 0 Å². The van der Waals surface area contributed by atoms with Crippen molar-refractivity contribution in [2.75, 3.05) is 0 Å². The van der Waals surface area contributed by atoms with Crippen molar-refractivity contribution in [3.8, 4) is 11.3 Å². The van der Waals surface area contributed by atoms with E-state index in [1.165, 1.54) is 0 Å². The summed E-state index contributed by atoms with van der Waals surface area (Å²) in [6, 6.07) is 11.6. The zero-order chi connectivity index (χ0) is 17.2. The Hall–Kier alpha value is -3.54. The highest BCUT2D eigenvalue weighted by atomic mass is 16.1. The lowest BCUT2D eigenvalue weighted by molar-refractivity contribution is 0.771. The number of aromatic nitrogens is 5. The molecule has 4 rings (SSSR count). The molecular formula is C19H15N5O. The molecule has 0 amide bonds. The molecule has 1 N–H and O–H groups in total. The quantitative estimate of drug-likeness (QED) is 0.627. The summed E-state index contributed by atoms with van der Waals surface area (Å²) >= 11 is 0. The Kier molecular flexibility index (Phi) is 3.70. The summed E-state index contributed by atoms with van der Waals surface area (Å²) in [6.45, 7) is 0. The molecule has 3 aromatic heterocycles. The Morgan fingerprint density at radius 1 is 1.12 bits per heavy atom. The summed E-state index contributed by atoms with van der Waals surface area (Å²) in [5.74, 6) is 0.480. The second-order valence-corrected chi connectivity index (χ2v) is 5.65. The number of pyridine rings is 1. The van der Waals surface area contributed by atoms with Gasteiger partial charge in [-0.1, -0.05) is 30.3 Å². The summed E-state index contributed by atoms with van der Waals surface area (Å²) in [6.07, 6.45) is 8.77. The van der Waals surface area contributed by atoms with Crippen LogP contribution >= 0.6 is 0 Å². The topological polar surface area (TPSA) is 76.5 Å². The van der Waals surface area contributed by atoms with Crippen LogP contribution in [-0.4, -0.2) is 24.7 Å². The summed E-state index contributed by atoms with van der Waals surface area (Å²) < 4.78 is 1.77. The lowest BCUT2D eigenvalue weighted by Crippen LogP contribution is -2.09. The molecule has 0 bridgehead atoms. The second-order valence-electron chi connectivity index (χ2n) is 5.65. The van der Waals surface area contributed by atoms with Crippen LogP contribution in [0.15, 0.2) is 59.8 Å². The Balaban J connectivity index is 1.75. The van der Waals surface area contributed by atoms with E-state index in [0.717, 1.165) is 16.8 Å². The molecule has 25 heavy (non-hydrogen) atoms. The molecule has 3 heterocycles. The highest BCUT2D eigenvalue weighted by Crippen LogP contribution is 2.23. The van der Waals surface area contributed by atoms with E-state index in [1.807, 2.05) is 49.7 Å². The van der Waals surface area contributed by atoms with E-state index < -0.39 is 0 Å². The van der Waals surface area contributed by atoms with Crippen LogP contribution < -0.4 is 5.56 Å². The van der Waals surface area contributed by atoms with Crippen molar-refractivity contribution in [2.24, 2.45) is 7.05 Å². The first kappa shape index (κ1) is 15.0. The zero-order valence-corrected chi connectivity index (χ0v) is 13.5. The smallest absolute Gasteiger partial charge is 0.259 e. The summed E-state index contributed by atoms with van der Waals surface area (Å²) in [7, 11) is 1.88. The third-order valence-corrected chi connectivity index (χ3v) is 3.85. The van der Waals surface area contributed by atoms with Crippen LogP contribution in [0.4, 0.5) is 0 Å². The van der Waals surface area contributed by atoms with Crippen LogP contribution in [0.25, 0.3) is 34.3 Å². The first-order chi connectivity index (χ1) is 12.2. The molecule has 0 unspecified atom stereocenters. The lowest BCUT2D eigenvalue weighted by Gasteiger charge is -1.99. The summed E-state index contributed by atoms with van der Waals surface area (Å²) in [5, 5.41) is 5.05. The molecule has 122 valence electrons. The molecule has 4 aromatic rings. The Labute approximate surface area is 143 Å². The normalized spacial score (nSPS) is 11.4. The van der Waals surface area contributed by atoms with Crippen molar-refractivity contribution in [1.29, 1.82) is 0 Å². The van der Waals surface area contributed by atoms with Gasteiger partial charge in [-0.15, -0.1) is 0 Å². The lowest BCUT2D eigenvalue weighted by atomic mass is 10.1. The first-order valence-electron chi connectivity index (χ1n) is 7.82. The molecular weight excluding hydrogens is 314 g/mol. The van der Waals surface area contributed by atoms with Gasteiger partial charge in [-0.05, 0) is 18.2 Å². The van der Waals surface area contributed by atoms with Crippen molar-refractivity contribution >= 4 is 23.1 Å². The number of H-pyrrole nitrogens is 1. The number of rotatable bonds is 3. The predicted molar refractivity (Wildman–Crippen MR) is 97.7 cm³/mol. The van der Waals surface area contributed by atoms with E-state index in [0.29, 0.717) is 16.7 Å². The van der Waals surface area contributed by atoms with Gasteiger partial charge in [0.1, 0.15) is 5.82 Å². The molecule has 6 nitrogen and oxygen atoms in total. The van der Waals surface area contributed by atoms with Crippen molar-refractivity contribution in [1.82, 2.24) is 24.7 Å². The molecule has 0 saturated heterocycles. The number of fused-ring (bicyclic) bond motifs is 1. The first-order valence-corrected chi connectivity index (χ1v) is 7.82. The SMILES string of the molecule is Cn1cc(C=Cc2nc3cnccc3c(=O)[nH]2)c(-c2ccccc2)n1. The minimum atomic E-state index is -0.179. The van der Waals surface area contributed by atoms with Gasteiger partial charge in [0, 0.05) is 30.6 Å². The molecule has 0 fully saturated rings. The van der Waals surface area contributed by atoms with Gasteiger partial charge in [0.15, 0.2) is 0 Å². The van der Waals surface area contributed by atoms with E-state index in [4.69, 9.17) is 0 Å². The molecule has 0 atom stereocenters. The maximum atomic E-state index is 12.1. The van der Waals surface area contributed by atoms with E-state index in [1.54, 1.807) is 29.2 Å². The van der Waals surface area contributed by atoms with E-state index in [2.05, 4.69) is 20.1 Å². The average Bonchev–Trinajstić information content (AvgIpc) is 3.01. The molecule has 0 spiro atoms. The largest absolute Gasteiger partial charge is 0.306 e. The average molecular weight is 329 g/mol. The van der Waals surface area contributed by atoms with Crippen LogP contribution in [0.1, 0.15) is 11.4 Å². The number of aryl methyl sites for hydroxylation is 1. The van der Waals surface area contributed by atoms with Crippen LogP contribution in [0.2, 0.25) is 0 Å².